The molecule has 1 rings (SSSR count). The van der Waals surface area contributed by atoms with E-state index >= 15 is 0 Å². The minimum Gasteiger partial charge on any atom is -0.494 e. The van der Waals surface area contributed by atoms with E-state index < -0.39 is 0 Å². The van der Waals surface area contributed by atoms with Crippen LogP contribution in [0, 0.1) is 5.92 Å². The summed E-state index contributed by atoms with van der Waals surface area (Å²) < 4.78 is 10.9. The lowest BCUT2D eigenvalue weighted by Crippen LogP contribution is -2.37. The van der Waals surface area contributed by atoms with Crippen molar-refractivity contribution in [3.63, 3.8) is 0 Å². The SMILES string of the molecule is CCCCOc1ccc(CNC(COC)C(C)C)cc1. The standard InChI is InChI=1S/C17H29NO2/c1-5-6-11-20-16-9-7-15(8-10-16)12-18-17(13-19-4)14(2)3/h7-10,14,17-18H,5-6,11-13H2,1-4H3. The Balaban J connectivity index is 2.40. The third kappa shape index (κ3) is 6.40. The van der Waals surface area contributed by atoms with Crippen LogP contribution in [-0.2, 0) is 11.3 Å². The zero-order chi connectivity index (χ0) is 14.8. The summed E-state index contributed by atoms with van der Waals surface area (Å²) in [6.45, 7) is 9.00. The van der Waals surface area contributed by atoms with Crippen LogP contribution in [0.15, 0.2) is 24.3 Å². The van der Waals surface area contributed by atoms with Gasteiger partial charge in [0.1, 0.15) is 5.75 Å². The first-order chi connectivity index (χ1) is 9.67. The van der Waals surface area contributed by atoms with E-state index in [1.54, 1.807) is 7.11 Å². The van der Waals surface area contributed by atoms with Gasteiger partial charge >= 0.3 is 0 Å². The highest BCUT2D eigenvalue weighted by molar-refractivity contribution is 5.27. The molecule has 0 saturated carbocycles. The molecular formula is C17H29NO2. The zero-order valence-electron chi connectivity index (χ0n) is 13.3. The van der Waals surface area contributed by atoms with E-state index in [2.05, 4.69) is 38.2 Å². The van der Waals surface area contributed by atoms with Gasteiger partial charge in [-0.3, -0.25) is 0 Å². The van der Waals surface area contributed by atoms with Crippen LogP contribution < -0.4 is 10.1 Å². The summed E-state index contributed by atoms with van der Waals surface area (Å²) in [6, 6.07) is 8.73. The first kappa shape index (κ1) is 17.0. The van der Waals surface area contributed by atoms with E-state index in [0.29, 0.717) is 12.0 Å². The molecule has 0 saturated heterocycles. The largest absolute Gasteiger partial charge is 0.494 e. The van der Waals surface area contributed by atoms with Crippen molar-refractivity contribution in [1.82, 2.24) is 5.32 Å². The van der Waals surface area contributed by atoms with Gasteiger partial charge in [0.05, 0.1) is 13.2 Å². The predicted octanol–water partition coefficient (Wildman–Crippen LogP) is 3.63. The normalized spacial score (nSPS) is 12.7. The Hall–Kier alpha value is -1.06. The van der Waals surface area contributed by atoms with Gasteiger partial charge in [0, 0.05) is 19.7 Å². The Labute approximate surface area is 123 Å². The maximum Gasteiger partial charge on any atom is 0.119 e. The summed E-state index contributed by atoms with van der Waals surface area (Å²) in [4.78, 5) is 0. The van der Waals surface area contributed by atoms with Crippen LogP contribution in [0.2, 0.25) is 0 Å². The Morgan fingerprint density at radius 2 is 1.85 bits per heavy atom. The molecule has 0 aromatic heterocycles. The number of hydrogen-bond donors (Lipinski definition) is 1. The van der Waals surface area contributed by atoms with Gasteiger partial charge < -0.3 is 14.8 Å². The second-order valence-corrected chi connectivity index (χ2v) is 5.53. The molecule has 0 spiro atoms. The lowest BCUT2D eigenvalue weighted by molar-refractivity contribution is 0.146. The summed E-state index contributed by atoms with van der Waals surface area (Å²) in [5.74, 6) is 1.52. The van der Waals surface area contributed by atoms with Gasteiger partial charge in [-0.2, -0.15) is 0 Å². The van der Waals surface area contributed by atoms with Crippen molar-refractivity contribution in [3.8, 4) is 5.75 Å². The molecular weight excluding hydrogens is 250 g/mol. The van der Waals surface area contributed by atoms with Gasteiger partial charge in [-0.15, -0.1) is 0 Å². The maximum atomic E-state index is 5.66. The fourth-order valence-electron chi connectivity index (χ4n) is 1.95. The highest BCUT2D eigenvalue weighted by Gasteiger charge is 2.11. The Morgan fingerprint density at radius 1 is 1.15 bits per heavy atom. The third-order valence-corrected chi connectivity index (χ3v) is 3.41. The van der Waals surface area contributed by atoms with Crippen LogP contribution in [0.5, 0.6) is 5.75 Å². The van der Waals surface area contributed by atoms with E-state index in [1.807, 2.05) is 12.1 Å². The second-order valence-electron chi connectivity index (χ2n) is 5.53. The average Bonchev–Trinajstić information content (AvgIpc) is 2.45. The molecule has 0 bridgehead atoms. The van der Waals surface area contributed by atoms with E-state index in [9.17, 15) is 0 Å². The van der Waals surface area contributed by atoms with Crippen molar-refractivity contribution < 1.29 is 9.47 Å². The second kappa shape index (κ2) is 9.78. The zero-order valence-corrected chi connectivity index (χ0v) is 13.3. The fraction of sp³-hybridized carbons (Fsp3) is 0.647. The van der Waals surface area contributed by atoms with Crippen LogP contribution in [0.25, 0.3) is 0 Å². The van der Waals surface area contributed by atoms with Gasteiger partial charge in [0.15, 0.2) is 0 Å². The number of rotatable bonds is 10. The van der Waals surface area contributed by atoms with E-state index in [-0.39, 0.29) is 0 Å². The summed E-state index contributed by atoms with van der Waals surface area (Å²) in [5, 5.41) is 3.54. The first-order valence-electron chi connectivity index (χ1n) is 7.61. The van der Waals surface area contributed by atoms with Gasteiger partial charge in [0.2, 0.25) is 0 Å². The van der Waals surface area contributed by atoms with Crippen molar-refractivity contribution in [1.29, 1.82) is 0 Å². The van der Waals surface area contributed by atoms with Gasteiger partial charge in [-0.1, -0.05) is 39.3 Å². The molecule has 1 aromatic carbocycles. The topological polar surface area (TPSA) is 30.5 Å². The van der Waals surface area contributed by atoms with Crippen molar-refractivity contribution >= 4 is 0 Å². The van der Waals surface area contributed by atoms with Crippen LogP contribution in [0.3, 0.4) is 0 Å². The summed E-state index contributed by atoms with van der Waals surface area (Å²) in [6.07, 6.45) is 2.27. The lowest BCUT2D eigenvalue weighted by atomic mass is 10.0. The molecule has 0 aliphatic heterocycles. The molecule has 1 N–H and O–H groups in total. The summed E-state index contributed by atoms with van der Waals surface area (Å²) in [7, 11) is 1.75. The molecule has 0 heterocycles. The highest BCUT2D eigenvalue weighted by atomic mass is 16.5. The quantitative estimate of drug-likeness (QED) is 0.663. The average molecular weight is 279 g/mol. The minimum absolute atomic E-state index is 0.389. The van der Waals surface area contributed by atoms with Crippen molar-refractivity contribution in [3.05, 3.63) is 29.8 Å². The molecule has 0 amide bonds. The van der Waals surface area contributed by atoms with Crippen LogP contribution >= 0.6 is 0 Å². The van der Waals surface area contributed by atoms with Gasteiger partial charge in [-0.25, -0.2) is 0 Å². The van der Waals surface area contributed by atoms with E-state index in [1.165, 1.54) is 5.56 Å². The van der Waals surface area contributed by atoms with Crippen molar-refractivity contribution in [2.45, 2.75) is 46.2 Å². The molecule has 1 aromatic rings. The number of benzene rings is 1. The molecule has 114 valence electrons. The smallest absolute Gasteiger partial charge is 0.119 e. The molecule has 3 heteroatoms. The Kier molecular flexibility index (Phi) is 8.31. The Morgan fingerprint density at radius 3 is 2.40 bits per heavy atom. The minimum atomic E-state index is 0.389. The van der Waals surface area contributed by atoms with Crippen LogP contribution in [0.1, 0.15) is 39.2 Å². The summed E-state index contributed by atoms with van der Waals surface area (Å²) >= 11 is 0. The monoisotopic (exact) mass is 279 g/mol. The van der Waals surface area contributed by atoms with E-state index in [0.717, 1.165) is 38.3 Å². The fourth-order valence-corrected chi connectivity index (χ4v) is 1.95. The number of ether oxygens (including phenoxy) is 2. The lowest BCUT2D eigenvalue weighted by Gasteiger charge is -2.21. The van der Waals surface area contributed by atoms with Crippen molar-refractivity contribution in [2.24, 2.45) is 5.92 Å². The molecule has 0 fully saturated rings. The maximum absolute atomic E-state index is 5.66. The molecule has 3 nitrogen and oxygen atoms in total. The van der Waals surface area contributed by atoms with Crippen molar-refractivity contribution in [2.75, 3.05) is 20.3 Å². The van der Waals surface area contributed by atoms with E-state index in [4.69, 9.17) is 9.47 Å². The number of methoxy groups -OCH3 is 1. The molecule has 20 heavy (non-hydrogen) atoms. The molecule has 0 aliphatic rings. The molecule has 0 radical (unpaired) electrons. The molecule has 1 atom stereocenters. The van der Waals surface area contributed by atoms with Gasteiger partial charge in [-0.05, 0) is 30.0 Å². The number of unbranched alkanes of at least 4 members (excludes halogenated alkanes) is 1. The Bertz CT molecular complexity index is 349. The molecule has 0 aliphatic carbocycles. The van der Waals surface area contributed by atoms with Gasteiger partial charge in [0.25, 0.3) is 0 Å². The number of hydrogen-bond acceptors (Lipinski definition) is 3. The van der Waals surface area contributed by atoms with Crippen LogP contribution in [-0.4, -0.2) is 26.4 Å². The first-order valence-corrected chi connectivity index (χ1v) is 7.61. The van der Waals surface area contributed by atoms with Crippen LogP contribution in [0.4, 0.5) is 0 Å². The highest BCUT2D eigenvalue weighted by Crippen LogP contribution is 2.13. The predicted molar refractivity (Wildman–Crippen MR) is 84.2 cm³/mol. The summed E-state index contributed by atoms with van der Waals surface area (Å²) in [5.41, 5.74) is 1.27. The molecule has 1 unspecified atom stereocenters. The number of nitrogens with one attached hydrogen (secondary N) is 1. The third-order valence-electron chi connectivity index (χ3n) is 3.41.